The number of amides is 1. The molecule has 1 atom stereocenters. The maximum atomic E-state index is 13.0. The summed E-state index contributed by atoms with van der Waals surface area (Å²) in [5.41, 5.74) is 0.625. The van der Waals surface area contributed by atoms with E-state index in [2.05, 4.69) is 4.90 Å². The lowest BCUT2D eigenvalue weighted by Gasteiger charge is -2.35. The summed E-state index contributed by atoms with van der Waals surface area (Å²) < 4.78 is 21.8. The molecule has 0 aliphatic carbocycles. The molecule has 0 spiro atoms. The summed E-state index contributed by atoms with van der Waals surface area (Å²) in [6.45, 7) is 4.49. The van der Waals surface area contributed by atoms with Crippen molar-refractivity contribution in [3.63, 3.8) is 0 Å². The van der Waals surface area contributed by atoms with Crippen molar-refractivity contribution in [2.45, 2.75) is 12.6 Å². The van der Waals surface area contributed by atoms with Crippen LogP contribution in [0.1, 0.15) is 16.1 Å². The van der Waals surface area contributed by atoms with Crippen molar-refractivity contribution in [2.24, 2.45) is 0 Å². The van der Waals surface area contributed by atoms with Crippen LogP contribution < -0.4 is 4.74 Å². The lowest BCUT2D eigenvalue weighted by Crippen LogP contribution is -2.49. The number of carbonyl (C=O) groups excluding carboxylic acids is 1. The van der Waals surface area contributed by atoms with E-state index >= 15 is 0 Å². The van der Waals surface area contributed by atoms with Crippen LogP contribution in [-0.4, -0.2) is 75.4 Å². The molecule has 28 heavy (non-hydrogen) atoms. The Morgan fingerprint density at radius 3 is 2.75 bits per heavy atom. The van der Waals surface area contributed by atoms with E-state index in [4.69, 9.17) is 18.6 Å². The van der Waals surface area contributed by atoms with Gasteiger partial charge in [0.1, 0.15) is 11.5 Å². The van der Waals surface area contributed by atoms with Gasteiger partial charge in [-0.05, 0) is 36.4 Å². The van der Waals surface area contributed by atoms with Gasteiger partial charge in [0.25, 0.3) is 5.91 Å². The number of nitrogens with zero attached hydrogens (tertiary/aromatic N) is 2. The molecule has 2 aromatic rings. The zero-order valence-corrected chi connectivity index (χ0v) is 16.5. The monoisotopic (exact) mass is 388 g/mol. The van der Waals surface area contributed by atoms with E-state index in [0.29, 0.717) is 31.9 Å². The molecular weight excluding hydrogens is 360 g/mol. The van der Waals surface area contributed by atoms with Gasteiger partial charge in [-0.1, -0.05) is 0 Å². The van der Waals surface area contributed by atoms with E-state index < -0.39 is 0 Å². The van der Waals surface area contributed by atoms with Crippen LogP contribution >= 0.6 is 0 Å². The third kappa shape index (κ3) is 5.58. The minimum Gasteiger partial charge on any atom is -0.497 e. The van der Waals surface area contributed by atoms with Gasteiger partial charge in [-0.15, -0.1) is 0 Å². The lowest BCUT2D eigenvalue weighted by atomic mass is 10.1. The maximum absolute atomic E-state index is 13.0. The zero-order valence-electron chi connectivity index (χ0n) is 16.5. The maximum Gasteiger partial charge on any atom is 0.254 e. The molecule has 152 valence electrons. The fraction of sp³-hybridized carbons (Fsp3) is 0.476. The van der Waals surface area contributed by atoms with Gasteiger partial charge in [0.2, 0.25) is 0 Å². The predicted octanol–water partition coefficient (Wildman–Crippen LogP) is 2.28. The quantitative estimate of drug-likeness (QED) is 0.657. The van der Waals surface area contributed by atoms with Crippen LogP contribution in [0.2, 0.25) is 0 Å². The highest BCUT2D eigenvalue weighted by molar-refractivity contribution is 5.94. The van der Waals surface area contributed by atoms with Gasteiger partial charge < -0.3 is 23.5 Å². The van der Waals surface area contributed by atoms with Crippen molar-refractivity contribution in [1.29, 1.82) is 0 Å². The molecule has 0 saturated carbocycles. The van der Waals surface area contributed by atoms with Crippen LogP contribution in [-0.2, 0) is 16.0 Å². The Hall–Kier alpha value is -2.35. The summed E-state index contributed by atoms with van der Waals surface area (Å²) in [7, 11) is 3.24. The molecular formula is C21H28N2O5. The topological polar surface area (TPSA) is 64.4 Å². The summed E-state index contributed by atoms with van der Waals surface area (Å²) in [4.78, 5) is 17.1. The van der Waals surface area contributed by atoms with Gasteiger partial charge in [-0.3, -0.25) is 9.69 Å². The Bertz CT molecular complexity index is 717. The van der Waals surface area contributed by atoms with Crippen molar-refractivity contribution in [2.75, 3.05) is 53.6 Å². The number of hydrogen-bond donors (Lipinski definition) is 0. The molecule has 1 aliphatic rings. The zero-order chi connectivity index (χ0) is 19.8. The summed E-state index contributed by atoms with van der Waals surface area (Å²) in [6.07, 6.45) is 1.63. The van der Waals surface area contributed by atoms with Gasteiger partial charge in [-0.25, -0.2) is 0 Å². The second kappa shape index (κ2) is 10.3. The lowest BCUT2D eigenvalue weighted by molar-refractivity contribution is -0.0458. The Kier molecular flexibility index (Phi) is 7.47. The Morgan fingerprint density at radius 1 is 1.25 bits per heavy atom. The standard InChI is InChI=1S/C21H28N2O5/c1-25-12-10-23(21(24)17-5-7-18(26-2)8-6-17)16-20-15-22(9-13-28-20)14-19-4-3-11-27-19/h3-8,11,20H,9-10,12-16H2,1-2H3. The van der Waals surface area contributed by atoms with Gasteiger partial charge in [0.05, 0.1) is 39.2 Å². The first kappa shape index (κ1) is 20.4. The molecule has 1 aromatic carbocycles. The first-order chi connectivity index (χ1) is 13.7. The summed E-state index contributed by atoms with van der Waals surface area (Å²) in [5, 5.41) is 0. The number of morpholine rings is 1. The highest BCUT2D eigenvalue weighted by Gasteiger charge is 2.26. The van der Waals surface area contributed by atoms with E-state index in [1.54, 1.807) is 49.6 Å². The van der Waals surface area contributed by atoms with Gasteiger partial charge in [0, 0.05) is 38.9 Å². The number of rotatable bonds is 9. The first-order valence-electron chi connectivity index (χ1n) is 9.48. The predicted molar refractivity (Wildman–Crippen MR) is 104 cm³/mol. The molecule has 0 N–H and O–H groups in total. The van der Waals surface area contributed by atoms with Crippen LogP contribution in [0, 0.1) is 0 Å². The molecule has 1 aromatic heterocycles. The number of methoxy groups -OCH3 is 2. The van der Waals surface area contributed by atoms with Gasteiger partial charge >= 0.3 is 0 Å². The average molecular weight is 388 g/mol. The molecule has 7 heteroatoms. The number of hydrogen-bond acceptors (Lipinski definition) is 6. The van der Waals surface area contributed by atoms with E-state index in [1.165, 1.54) is 0 Å². The fourth-order valence-corrected chi connectivity index (χ4v) is 3.30. The Labute approximate surface area is 165 Å². The highest BCUT2D eigenvalue weighted by atomic mass is 16.5. The van der Waals surface area contributed by atoms with Crippen molar-refractivity contribution >= 4 is 5.91 Å². The second-order valence-electron chi connectivity index (χ2n) is 6.78. The van der Waals surface area contributed by atoms with E-state index in [0.717, 1.165) is 31.1 Å². The minimum absolute atomic E-state index is 0.0357. The molecule has 1 fully saturated rings. The number of furan rings is 1. The Morgan fingerprint density at radius 2 is 2.07 bits per heavy atom. The Balaban J connectivity index is 1.62. The molecule has 1 saturated heterocycles. The second-order valence-corrected chi connectivity index (χ2v) is 6.78. The van der Waals surface area contributed by atoms with Crippen molar-refractivity contribution in [1.82, 2.24) is 9.80 Å². The van der Waals surface area contributed by atoms with E-state index in [-0.39, 0.29) is 12.0 Å². The molecule has 0 radical (unpaired) electrons. The minimum atomic E-state index is -0.0530. The molecule has 1 unspecified atom stereocenters. The van der Waals surface area contributed by atoms with E-state index in [9.17, 15) is 4.79 Å². The molecule has 2 heterocycles. The molecule has 3 rings (SSSR count). The van der Waals surface area contributed by atoms with Crippen LogP contribution in [0.15, 0.2) is 47.1 Å². The smallest absolute Gasteiger partial charge is 0.254 e. The number of benzene rings is 1. The van der Waals surface area contributed by atoms with Crippen molar-refractivity contribution < 1.29 is 23.4 Å². The third-order valence-electron chi connectivity index (χ3n) is 4.80. The number of ether oxygens (including phenoxy) is 3. The number of carbonyl (C=O) groups is 1. The normalized spacial score (nSPS) is 17.4. The fourth-order valence-electron chi connectivity index (χ4n) is 3.30. The molecule has 1 aliphatic heterocycles. The highest BCUT2D eigenvalue weighted by Crippen LogP contribution is 2.16. The average Bonchev–Trinajstić information content (AvgIpc) is 3.24. The molecule has 0 bridgehead atoms. The molecule has 7 nitrogen and oxygen atoms in total. The largest absolute Gasteiger partial charge is 0.497 e. The SMILES string of the molecule is COCCN(CC1CN(Cc2ccco2)CCO1)C(=O)c1ccc(OC)cc1. The van der Waals surface area contributed by atoms with Crippen LogP contribution in [0.5, 0.6) is 5.75 Å². The summed E-state index contributed by atoms with van der Waals surface area (Å²) >= 11 is 0. The summed E-state index contributed by atoms with van der Waals surface area (Å²) in [6, 6.07) is 11.0. The summed E-state index contributed by atoms with van der Waals surface area (Å²) in [5.74, 6) is 1.63. The van der Waals surface area contributed by atoms with E-state index in [1.807, 2.05) is 12.1 Å². The van der Waals surface area contributed by atoms with Gasteiger partial charge in [0.15, 0.2) is 0 Å². The third-order valence-corrected chi connectivity index (χ3v) is 4.80. The van der Waals surface area contributed by atoms with Crippen molar-refractivity contribution in [3.05, 3.63) is 54.0 Å². The van der Waals surface area contributed by atoms with Crippen LogP contribution in [0.4, 0.5) is 0 Å². The van der Waals surface area contributed by atoms with Crippen LogP contribution in [0.25, 0.3) is 0 Å². The van der Waals surface area contributed by atoms with Gasteiger partial charge in [-0.2, -0.15) is 0 Å². The first-order valence-corrected chi connectivity index (χ1v) is 9.48. The van der Waals surface area contributed by atoms with Crippen LogP contribution in [0.3, 0.4) is 0 Å². The molecule has 1 amide bonds. The van der Waals surface area contributed by atoms with Crippen molar-refractivity contribution in [3.8, 4) is 5.75 Å².